The summed E-state index contributed by atoms with van der Waals surface area (Å²) in [5.41, 5.74) is 0.900. The van der Waals surface area contributed by atoms with Gasteiger partial charge in [-0.25, -0.2) is 4.39 Å². The Labute approximate surface area is 184 Å². The number of aromatic nitrogens is 3. The Morgan fingerprint density at radius 2 is 1.94 bits per heavy atom. The van der Waals surface area contributed by atoms with Gasteiger partial charge < -0.3 is 10.4 Å². The number of nitrogens with zero attached hydrogens (tertiary/aromatic N) is 3. The van der Waals surface area contributed by atoms with Crippen LogP contribution in [0.15, 0.2) is 53.7 Å². The Morgan fingerprint density at radius 3 is 2.62 bits per heavy atom. The number of benzene rings is 1. The molecule has 0 spiro atoms. The first-order chi connectivity index (χ1) is 15.4. The van der Waals surface area contributed by atoms with Crippen LogP contribution in [0.3, 0.4) is 0 Å². The number of nitrogens with one attached hydrogen (secondary N) is 1. The lowest BCUT2D eigenvalue weighted by atomic mass is 9.79. The molecule has 1 saturated carbocycles. The molecule has 2 N–H and O–H groups in total. The van der Waals surface area contributed by atoms with Crippen LogP contribution in [0.25, 0.3) is 0 Å². The van der Waals surface area contributed by atoms with E-state index in [1.165, 1.54) is 16.9 Å². The molecule has 0 aliphatic heterocycles. The Hall–Kier alpha value is -3.55. The van der Waals surface area contributed by atoms with Gasteiger partial charge in [0.15, 0.2) is 11.4 Å². The number of amides is 1. The smallest absolute Gasteiger partial charge is 0.276 e. The summed E-state index contributed by atoms with van der Waals surface area (Å²) in [5.74, 6) is -1.54. The van der Waals surface area contributed by atoms with Gasteiger partial charge in [0.1, 0.15) is 5.82 Å². The largest absolute Gasteiger partial charge is 0.503 e. The van der Waals surface area contributed by atoms with Gasteiger partial charge in [-0.2, -0.15) is 5.10 Å². The average molecular weight is 436 g/mol. The quantitative estimate of drug-likeness (QED) is 0.618. The second kappa shape index (κ2) is 8.90. The summed E-state index contributed by atoms with van der Waals surface area (Å²) in [5, 5.41) is 17.1. The van der Waals surface area contributed by atoms with Gasteiger partial charge in [0.2, 0.25) is 0 Å². The van der Waals surface area contributed by atoms with Gasteiger partial charge in [-0.05, 0) is 54.7 Å². The molecule has 8 heteroatoms. The molecule has 0 atom stereocenters. The number of halogens is 1. The maximum absolute atomic E-state index is 13.5. The average Bonchev–Trinajstić information content (AvgIpc) is 3.27. The highest BCUT2D eigenvalue weighted by atomic mass is 19.1. The zero-order valence-corrected chi connectivity index (χ0v) is 17.8. The van der Waals surface area contributed by atoms with Gasteiger partial charge >= 0.3 is 0 Å². The first-order valence-corrected chi connectivity index (χ1v) is 10.6. The predicted molar refractivity (Wildman–Crippen MR) is 117 cm³/mol. The summed E-state index contributed by atoms with van der Waals surface area (Å²) >= 11 is 0. The topological polar surface area (TPSA) is 97.1 Å². The summed E-state index contributed by atoms with van der Waals surface area (Å²) < 4.78 is 14.9. The Balaban J connectivity index is 1.58. The molecule has 3 aromatic rings. The minimum absolute atomic E-state index is 0.109. The highest BCUT2D eigenvalue weighted by Gasteiger charge is 2.36. The molecule has 1 amide bonds. The summed E-state index contributed by atoms with van der Waals surface area (Å²) in [6.07, 6.45) is 8.80. The fourth-order valence-electron chi connectivity index (χ4n) is 4.44. The van der Waals surface area contributed by atoms with Gasteiger partial charge in [-0.1, -0.05) is 25.0 Å². The van der Waals surface area contributed by atoms with Crippen molar-refractivity contribution in [3.8, 4) is 5.75 Å². The van der Waals surface area contributed by atoms with Crippen LogP contribution in [0.5, 0.6) is 5.75 Å². The lowest BCUT2D eigenvalue weighted by molar-refractivity contribution is 0.0940. The van der Waals surface area contributed by atoms with Crippen molar-refractivity contribution in [1.82, 2.24) is 20.1 Å². The summed E-state index contributed by atoms with van der Waals surface area (Å²) in [7, 11) is 0. The van der Waals surface area contributed by atoms with Gasteiger partial charge in [0.05, 0.1) is 12.7 Å². The third kappa shape index (κ3) is 4.39. The van der Waals surface area contributed by atoms with E-state index in [2.05, 4.69) is 15.4 Å². The third-order valence-electron chi connectivity index (χ3n) is 6.16. The number of pyridine rings is 1. The fraction of sp³-hybridized carbons (Fsp3) is 0.333. The van der Waals surface area contributed by atoms with Crippen molar-refractivity contribution in [2.45, 2.75) is 51.1 Å². The lowest BCUT2D eigenvalue weighted by Crippen LogP contribution is -2.34. The molecule has 0 bridgehead atoms. The van der Waals surface area contributed by atoms with E-state index in [0.29, 0.717) is 17.7 Å². The van der Waals surface area contributed by atoms with Crippen molar-refractivity contribution in [3.63, 3.8) is 0 Å². The molecule has 0 unspecified atom stereocenters. The first kappa shape index (κ1) is 21.7. The van der Waals surface area contributed by atoms with Crippen LogP contribution in [0.2, 0.25) is 0 Å². The van der Waals surface area contributed by atoms with Crippen LogP contribution in [-0.4, -0.2) is 25.8 Å². The number of hydrogen-bond donors (Lipinski definition) is 2. The van der Waals surface area contributed by atoms with Crippen LogP contribution in [0.4, 0.5) is 4.39 Å². The summed E-state index contributed by atoms with van der Waals surface area (Å²) in [6.45, 7) is 2.18. The molecule has 1 aliphatic rings. The van der Waals surface area contributed by atoms with Crippen LogP contribution < -0.4 is 10.7 Å². The van der Waals surface area contributed by atoms with E-state index in [9.17, 15) is 19.1 Å². The van der Waals surface area contributed by atoms with Gasteiger partial charge in [0, 0.05) is 24.4 Å². The molecule has 4 rings (SSSR count). The van der Waals surface area contributed by atoms with Gasteiger partial charge in [-0.3, -0.25) is 19.3 Å². The van der Waals surface area contributed by atoms with Crippen LogP contribution in [0.1, 0.15) is 52.9 Å². The SMILES string of the molecule is Cc1cc(CNC(=O)c2nn(CC3(c4ccncc4)CCCC3)cc(O)c2=O)ccc1F. The van der Waals surface area contributed by atoms with E-state index in [1.807, 2.05) is 12.1 Å². The molecule has 7 nitrogen and oxygen atoms in total. The first-order valence-electron chi connectivity index (χ1n) is 10.6. The van der Waals surface area contributed by atoms with E-state index in [0.717, 1.165) is 31.2 Å². The van der Waals surface area contributed by atoms with E-state index < -0.39 is 17.1 Å². The van der Waals surface area contributed by atoms with Gasteiger partial charge in [0.25, 0.3) is 11.3 Å². The van der Waals surface area contributed by atoms with E-state index >= 15 is 0 Å². The molecule has 0 saturated heterocycles. The number of aromatic hydroxyl groups is 1. The fourth-order valence-corrected chi connectivity index (χ4v) is 4.44. The monoisotopic (exact) mass is 436 g/mol. The van der Waals surface area contributed by atoms with Crippen molar-refractivity contribution in [1.29, 1.82) is 0 Å². The number of carbonyl (C=O) groups is 1. The number of carbonyl (C=O) groups excluding carboxylic acids is 1. The molecular weight excluding hydrogens is 411 g/mol. The summed E-state index contributed by atoms with van der Waals surface area (Å²) in [6, 6.07) is 8.48. The molecule has 2 aromatic heterocycles. The Morgan fingerprint density at radius 1 is 1.22 bits per heavy atom. The number of hydrogen-bond acceptors (Lipinski definition) is 5. The maximum atomic E-state index is 13.5. The van der Waals surface area contributed by atoms with E-state index in [4.69, 9.17) is 0 Å². The van der Waals surface area contributed by atoms with Crippen LogP contribution in [0, 0.1) is 12.7 Å². The van der Waals surface area contributed by atoms with Crippen molar-refractivity contribution in [3.05, 3.63) is 87.3 Å². The third-order valence-corrected chi connectivity index (χ3v) is 6.16. The van der Waals surface area contributed by atoms with Crippen molar-refractivity contribution < 1.29 is 14.3 Å². The zero-order chi connectivity index (χ0) is 22.7. The molecule has 1 fully saturated rings. The lowest BCUT2D eigenvalue weighted by Gasteiger charge is -2.30. The molecule has 2 heterocycles. The van der Waals surface area contributed by atoms with E-state index in [1.54, 1.807) is 31.5 Å². The highest BCUT2D eigenvalue weighted by Crippen LogP contribution is 2.42. The summed E-state index contributed by atoms with van der Waals surface area (Å²) in [4.78, 5) is 29.2. The highest BCUT2D eigenvalue weighted by molar-refractivity contribution is 5.92. The zero-order valence-electron chi connectivity index (χ0n) is 17.8. The van der Waals surface area contributed by atoms with Crippen molar-refractivity contribution >= 4 is 5.91 Å². The minimum atomic E-state index is -0.821. The molecule has 1 aromatic carbocycles. The molecule has 0 radical (unpaired) electrons. The number of aryl methyl sites for hydroxylation is 1. The standard InChI is InChI=1S/C24H25FN4O3/c1-16-12-17(4-5-19(16)25)13-27-23(32)21-22(31)20(30)14-29(28-21)15-24(8-2-3-9-24)18-6-10-26-11-7-18/h4-7,10-12,14,30H,2-3,8-9,13,15H2,1H3,(H,27,32). The second-order valence-corrected chi connectivity index (χ2v) is 8.38. The Bertz CT molecular complexity index is 1190. The minimum Gasteiger partial charge on any atom is -0.503 e. The van der Waals surface area contributed by atoms with Crippen LogP contribution >= 0.6 is 0 Å². The molecular formula is C24H25FN4O3. The maximum Gasteiger partial charge on any atom is 0.276 e. The van der Waals surface area contributed by atoms with Crippen LogP contribution in [-0.2, 0) is 18.5 Å². The number of rotatable bonds is 6. The second-order valence-electron chi connectivity index (χ2n) is 8.38. The Kier molecular flexibility index (Phi) is 6.03. The van der Waals surface area contributed by atoms with Crippen molar-refractivity contribution in [2.75, 3.05) is 0 Å². The molecule has 32 heavy (non-hydrogen) atoms. The predicted octanol–water partition coefficient (Wildman–Crippen LogP) is 3.23. The van der Waals surface area contributed by atoms with Crippen molar-refractivity contribution in [2.24, 2.45) is 0 Å². The van der Waals surface area contributed by atoms with E-state index in [-0.39, 0.29) is 23.5 Å². The van der Waals surface area contributed by atoms with Gasteiger partial charge in [-0.15, -0.1) is 0 Å². The molecule has 1 aliphatic carbocycles. The molecule has 166 valence electrons. The normalized spacial score (nSPS) is 14.9.